The van der Waals surface area contributed by atoms with Crippen molar-refractivity contribution in [1.29, 1.82) is 0 Å². The lowest BCUT2D eigenvalue weighted by Crippen LogP contribution is -2.63. The Hall–Kier alpha value is -10.4. The molecule has 10 rings (SSSR count). The zero-order chi connectivity index (χ0) is 95.2. The summed E-state index contributed by atoms with van der Waals surface area (Å²) in [6.45, 7) is 11.5. The van der Waals surface area contributed by atoms with Gasteiger partial charge in [0.2, 0.25) is 59.1 Å². The number of esters is 1. The van der Waals surface area contributed by atoms with Crippen molar-refractivity contribution in [2.75, 3.05) is 57.0 Å². The number of benzene rings is 5. The molecule has 17 N–H and O–H groups in total. The summed E-state index contributed by atoms with van der Waals surface area (Å²) in [6.07, 6.45) is -0.238. The lowest BCUT2D eigenvalue weighted by atomic mass is 9.83. The third-order valence-electron chi connectivity index (χ3n) is 23.7. The number of carbonyl (C=O) groups excluding carboxylic acids is 12. The van der Waals surface area contributed by atoms with E-state index in [0.29, 0.717) is 40.4 Å². The average Bonchev–Trinajstić information content (AvgIpc) is 1.57. The van der Waals surface area contributed by atoms with E-state index in [2.05, 4.69) is 52.8 Å². The highest BCUT2D eigenvalue weighted by Crippen LogP contribution is 2.50. The molecule has 3 saturated heterocycles. The van der Waals surface area contributed by atoms with Crippen LogP contribution in [-0.4, -0.2) is 249 Å². The van der Waals surface area contributed by atoms with Gasteiger partial charge in [-0.05, 0) is 138 Å². The van der Waals surface area contributed by atoms with Crippen molar-refractivity contribution in [2.24, 2.45) is 17.4 Å². The first-order valence-corrected chi connectivity index (χ1v) is 48.4. The van der Waals surface area contributed by atoms with Crippen molar-refractivity contribution >= 4 is 143 Å². The summed E-state index contributed by atoms with van der Waals surface area (Å²) in [7, 11) is 9.83. The number of anilines is 1. The van der Waals surface area contributed by atoms with E-state index in [1.807, 2.05) is 91.9 Å². The maximum atomic E-state index is 15.4. The molecule has 6 aromatic rings. The number of nitrogens with zero attached hydrogens (tertiary/aromatic N) is 2. The highest BCUT2D eigenvalue weighted by molar-refractivity contribution is 8.77. The molecule has 17 atom stereocenters. The molecule has 39 heteroatoms. The minimum Gasteiger partial charge on any atom is -0.508 e. The largest absolute Gasteiger partial charge is 0.508 e. The number of para-hydroxylation sites is 1. The molecule has 3 fully saturated rings. The van der Waals surface area contributed by atoms with Crippen molar-refractivity contribution in [3.63, 3.8) is 0 Å². The van der Waals surface area contributed by atoms with Crippen molar-refractivity contribution in [2.45, 2.75) is 220 Å². The van der Waals surface area contributed by atoms with Gasteiger partial charge in [-0.2, -0.15) is 0 Å². The standard InChI is InChI=1S/C92H119ClN14O20S4/c1-51-23-22-31-72(124-11)92(122)46-71(125-89(121)105-92)52(2)79-91(7,127-79)73(45-75(111)107(9)69-42-58(39-51)43-70(123-10)76(69)93)126-88(120)53(3)106(8)74(110)36-38-128-131-90(5,6)78(80(95)112)104-86(118)68-50-130-129-49-67(101-82(114)64(40-55-24-14-12-15-25-55)96-47-57-26-16-13-17-27-57)85(117)99-65(41-56-32-34-60(109)35-33-56)83(115)100-66(44-59-48-97-62-29-19-18-28-61(59)62)84(116)98-63(30-20-21-37-94)81(113)103-77(54(4)108)87(119)102-68/h12-19,22-29,31-35,42-43,48,52-54,63-68,71-73,77-79,96-97,108-109,122H,20-21,30,36-41,44-47,49-50,94H2,1-11H3,(H2,95,112)(H,98,116)(H,99,117)(H,100,115)(H,101,114)(H,102,119)(H,103,113)(H,104,118)(H,105,121)/b31-22+,51-23+/t52-,53+,54-,63+,64-,65+,66-,67+,68+,71+,72-,73+,77?,78-,79+,91+,92+/m1/s1. The first-order valence-electron chi connectivity index (χ1n) is 43.2. The smallest absolute Gasteiger partial charge is 0.409 e. The Labute approximate surface area is 782 Å². The number of phenols is 1. The van der Waals surface area contributed by atoms with Gasteiger partial charge in [-0.25, -0.2) is 9.59 Å². The summed E-state index contributed by atoms with van der Waals surface area (Å²) in [5.41, 5.74) is 13.9. The van der Waals surface area contributed by atoms with Crippen LogP contribution in [0.4, 0.5) is 10.5 Å². The van der Waals surface area contributed by atoms with Crippen LogP contribution in [0.15, 0.2) is 151 Å². The molecule has 131 heavy (non-hydrogen) atoms. The fraction of sp³-hybridized carbons (Fsp3) is 0.478. The number of hydrogen-bond acceptors (Lipinski definition) is 26. The van der Waals surface area contributed by atoms with E-state index in [9.17, 15) is 48.9 Å². The molecule has 708 valence electrons. The number of aliphatic hydroxyl groups is 2. The third kappa shape index (κ3) is 27.9. The number of amides is 11. The molecule has 1 aromatic heterocycles. The van der Waals surface area contributed by atoms with Gasteiger partial charge in [0, 0.05) is 98.5 Å². The van der Waals surface area contributed by atoms with Crippen LogP contribution in [0.3, 0.4) is 0 Å². The SMILES string of the molecule is COc1cc2cc(c1Cl)N(C)C(=O)C[C@H](OC(=O)[C@H](C)N(C)C(=O)CCSSC(C)(C)[C@H](NC(=O)[C@@H]1CSSC[C@H](NC(=O)[C@@H](Cc3ccccc3)NCc3ccccc3)C(=O)N[C@@H](Cc3ccc(O)cc3)C(=O)N[C@H](Cc3c[nH]c4ccccc34)C(=O)N[C@@H](CCCCN)C(=O)NC([C@@H](C)O)C(=O)N1)C(N)=O)[C@]1(C)O[C@H]1[C@H](C)[C@@H]1C[C@@](O)(NC(=O)O1)[C@H](OC)/C=C/C=C(\C)C2. The molecular weight excluding hydrogens is 1780 g/mol. The molecule has 0 aliphatic carbocycles. The van der Waals surface area contributed by atoms with E-state index < -0.39 is 184 Å². The van der Waals surface area contributed by atoms with Crippen LogP contribution < -0.4 is 69.0 Å². The quantitative estimate of drug-likeness (QED) is 0.0108. The average molecular weight is 1900 g/mol. The Morgan fingerprint density at radius 1 is 0.817 bits per heavy atom. The van der Waals surface area contributed by atoms with Gasteiger partial charge in [-0.1, -0.05) is 176 Å². The molecule has 11 amide bonds. The maximum Gasteiger partial charge on any atom is 0.409 e. The molecule has 34 nitrogen and oxygen atoms in total. The van der Waals surface area contributed by atoms with Crippen molar-refractivity contribution in [1.82, 2.24) is 57.7 Å². The number of H-pyrrole nitrogens is 1. The van der Waals surface area contributed by atoms with E-state index >= 15 is 24.0 Å². The van der Waals surface area contributed by atoms with E-state index in [-0.39, 0.29) is 97.5 Å². The predicted octanol–water partition coefficient (Wildman–Crippen LogP) is 5.92. The number of likely N-dealkylation sites (N-methyl/N-ethyl adjacent to an activating group) is 1. The molecule has 5 heterocycles. The first-order chi connectivity index (χ1) is 62.3. The number of phenolic OH excluding ortho intramolecular Hbond substituents is 1. The molecule has 0 spiro atoms. The van der Waals surface area contributed by atoms with Gasteiger partial charge in [-0.3, -0.25) is 53.3 Å². The maximum absolute atomic E-state index is 15.4. The summed E-state index contributed by atoms with van der Waals surface area (Å²) in [5.74, 6) is -10.4. The van der Waals surface area contributed by atoms with Crippen LogP contribution >= 0.6 is 54.8 Å². The Bertz CT molecular complexity index is 5100. The fourth-order valence-corrected chi connectivity index (χ4v) is 21.0. The van der Waals surface area contributed by atoms with Crippen LogP contribution in [-0.2, 0) is 104 Å². The lowest BCUT2D eigenvalue weighted by molar-refractivity contribution is -0.162. The first kappa shape index (κ1) is 103. The molecule has 4 bridgehead atoms. The summed E-state index contributed by atoms with van der Waals surface area (Å²) in [6, 6.07) is 21.8. The lowest BCUT2D eigenvalue weighted by Gasteiger charge is -2.42. The Morgan fingerprint density at radius 2 is 1.47 bits per heavy atom. The van der Waals surface area contributed by atoms with Crippen molar-refractivity contribution in [3.05, 3.63) is 184 Å². The number of carbonyl (C=O) groups is 12. The number of nitrogens with one attached hydrogen (secondary N) is 10. The van der Waals surface area contributed by atoms with Gasteiger partial charge in [0.05, 0.1) is 37.5 Å². The second kappa shape index (κ2) is 47.3. The number of aliphatic hydroxyl groups excluding tert-OH is 1. The third-order valence-corrected chi connectivity index (χ3v) is 29.8. The van der Waals surface area contributed by atoms with E-state index in [0.717, 1.165) is 59.9 Å². The topological polar surface area (TPSA) is 498 Å². The van der Waals surface area contributed by atoms with Crippen LogP contribution in [0.25, 0.3) is 10.9 Å². The molecule has 4 aliphatic rings. The number of allylic oxidation sites excluding steroid dienone is 3. The van der Waals surface area contributed by atoms with Crippen LogP contribution in [0.1, 0.15) is 115 Å². The van der Waals surface area contributed by atoms with Gasteiger partial charge >= 0.3 is 12.1 Å². The van der Waals surface area contributed by atoms with Crippen LogP contribution in [0.5, 0.6) is 11.5 Å². The number of nitrogens with two attached hydrogens (primary N) is 2. The van der Waals surface area contributed by atoms with Gasteiger partial charge < -0.3 is 108 Å². The number of primary amides is 1. The monoisotopic (exact) mass is 1900 g/mol. The van der Waals surface area contributed by atoms with Crippen LogP contribution in [0.2, 0.25) is 5.02 Å². The summed E-state index contributed by atoms with van der Waals surface area (Å²) >= 11 is 6.92. The fourth-order valence-electron chi connectivity index (χ4n) is 15.7. The Kier molecular flexibility index (Phi) is 37.1. The number of hydrogen-bond donors (Lipinski definition) is 15. The summed E-state index contributed by atoms with van der Waals surface area (Å²) < 4.78 is 28.5. The highest BCUT2D eigenvalue weighted by atomic mass is 35.5. The summed E-state index contributed by atoms with van der Waals surface area (Å²) in [4.78, 5) is 182. The number of unbranched alkanes of at least 4 members (excludes halogenated alkanes) is 1. The summed E-state index contributed by atoms with van der Waals surface area (Å²) in [5, 5.41) is 59.9. The van der Waals surface area contributed by atoms with Crippen molar-refractivity contribution < 1.29 is 96.5 Å². The number of epoxide rings is 1. The highest BCUT2D eigenvalue weighted by Gasteiger charge is 2.65. The van der Waals surface area contributed by atoms with Gasteiger partial charge in [-0.15, -0.1) is 0 Å². The number of aromatic hydroxyl groups is 1. The number of aromatic amines is 1. The number of rotatable bonds is 30. The van der Waals surface area contributed by atoms with Gasteiger partial charge in [0.15, 0.2) is 5.72 Å². The molecule has 0 saturated carbocycles. The van der Waals surface area contributed by atoms with E-state index in [1.54, 1.807) is 76.4 Å². The Morgan fingerprint density at radius 3 is 2.14 bits per heavy atom. The van der Waals surface area contributed by atoms with E-state index in [1.165, 1.54) is 64.1 Å². The van der Waals surface area contributed by atoms with E-state index in [4.69, 9.17) is 46.8 Å². The van der Waals surface area contributed by atoms with Gasteiger partial charge in [0.1, 0.15) is 88.8 Å². The second-order valence-electron chi connectivity index (χ2n) is 33.9. The minimum atomic E-state index is -1.96. The normalized spacial score (nSPS) is 25.6. The molecule has 4 aliphatic heterocycles. The molecular formula is C92H119ClN14O20S4. The zero-order valence-electron chi connectivity index (χ0n) is 75.0. The zero-order valence-corrected chi connectivity index (χ0v) is 79.0. The number of methoxy groups -OCH3 is 2. The Balaban J connectivity index is 0.884. The molecule has 5 aromatic carbocycles. The predicted molar refractivity (Wildman–Crippen MR) is 503 cm³/mol. The number of aromatic nitrogens is 1. The second-order valence-corrected chi connectivity index (χ2v) is 39.9. The number of alkyl carbamates (subject to hydrolysis) is 1. The molecule has 0 radical (unpaired) electrons. The van der Waals surface area contributed by atoms with Crippen molar-refractivity contribution in [3.8, 4) is 11.5 Å². The number of fused-ring (bicyclic) bond motifs is 6. The van der Waals surface area contributed by atoms with Gasteiger partial charge in [0.25, 0.3) is 0 Å². The van der Waals surface area contributed by atoms with Crippen LogP contribution in [0, 0.1) is 5.92 Å². The number of ether oxygens (including phenoxy) is 5. The number of halogens is 1. The molecule has 1 unspecified atom stereocenters. The minimum absolute atomic E-state index is 0.0430.